The van der Waals surface area contributed by atoms with Crippen LogP contribution in [0.1, 0.15) is 10.4 Å². The average Bonchev–Trinajstić information content (AvgIpc) is 2.99. The summed E-state index contributed by atoms with van der Waals surface area (Å²) in [5.74, 6) is -0.420. The van der Waals surface area contributed by atoms with Gasteiger partial charge in [0.05, 0.1) is 5.56 Å². The Bertz CT molecular complexity index is 1000. The van der Waals surface area contributed by atoms with E-state index in [1.807, 2.05) is 36.4 Å². The Morgan fingerprint density at radius 1 is 0.909 bits per heavy atom. The first-order valence-electron chi connectivity index (χ1n) is 6.85. The normalized spacial score (nSPS) is 11.1. The lowest BCUT2D eigenvalue weighted by Crippen LogP contribution is -1.96. The van der Waals surface area contributed by atoms with Crippen molar-refractivity contribution in [3.63, 3.8) is 0 Å². The molecule has 0 saturated heterocycles. The Balaban J connectivity index is 2.03. The summed E-state index contributed by atoms with van der Waals surface area (Å²) in [4.78, 5) is 15.8. The molecule has 1 N–H and O–H groups in total. The number of carbonyl (C=O) groups is 1. The van der Waals surface area contributed by atoms with Gasteiger partial charge in [-0.1, -0.05) is 36.4 Å². The molecule has 0 saturated carbocycles. The molecule has 0 aliphatic rings. The predicted octanol–water partition coefficient (Wildman–Crippen LogP) is 4.35. The van der Waals surface area contributed by atoms with Crippen molar-refractivity contribution < 1.29 is 14.3 Å². The van der Waals surface area contributed by atoms with Crippen LogP contribution < -0.4 is 0 Å². The Kier molecular flexibility index (Phi) is 2.69. The second-order valence-corrected chi connectivity index (χ2v) is 5.00. The lowest BCUT2D eigenvalue weighted by molar-refractivity contribution is 0.0699. The van der Waals surface area contributed by atoms with Gasteiger partial charge in [0.2, 0.25) is 5.89 Å². The maximum Gasteiger partial charge on any atom is 0.336 e. The lowest BCUT2D eigenvalue weighted by atomic mass is 10.0. The van der Waals surface area contributed by atoms with E-state index in [4.69, 9.17) is 4.42 Å². The molecule has 3 aromatic carbocycles. The van der Waals surface area contributed by atoms with Crippen LogP contribution in [0.3, 0.4) is 0 Å². The lowest BCUT2D eigenvalue weighted by Gasteiger charge is -2.01. The number of rotatable bonds is 2. The molecule has 4 heteroatoms. The maximum atomic E-state index is 11.3. The topological polar surface area (TPSA) is 63.3 Å². The smallest absolute Gasteiger partial charge is 0.336 e. The first-order chi connectivity index (χ1) is 10.7. The molecular weight excluding hydrogens is 278 g/mol. The maximum absolute atomic E-state index is 11.3. The van der Waals surface area contributed by atoms with Crippen molar-refractivity contribution >= 4 is 27.8 Å². The van der Waals surface area contributed by atoms with E-state index in [-0.39, 0.29) is 5.56 Å². The highest BCUT2D eigenvalue weighted by atomic mass is 16.4. The SMILES string of the molecule is O=C(O)c1cccc2c1ccc1nc(-c3ccccc3)oc12. The number of hydrogen-bond acceptors (Lipinski definition) is 3. The number of carboxylic acid groups (broad SMARTS) is 1. The first-order valence-corrected chi connectivity index (χ1v) is 6.85. The first kappa shape index (κ1) is 12.6. The molecular formula is C18H11NO3. The molecule has 0 amide bonds. The number of oxazole rings is 1. The Hall–Kier alpha value is -3.14. The molecule has 0 radical (unpaired) electrons. The average molecular weight is 289 g/mol. The van der Waals surface area contributed by atoms with Crippen molar-refractivity contribution in [2.24, 2.45) is 0 Å². The minimum atomic E-state index is -0.951. The monoisotopic (exact) mass is 289 g/mol. The van der Waals surface area contributed by atoms with Crippen molar-refractivity contribution in [3.05, 3.63) is 66.2 Å². The van der Waals surface area contributed by atoms with E-state index in [9.17, 15) is 9.90 Å². The van der Waals surface area contributed by atoms with Gasteiger partial charge < -0.3 is 9.52 Å². The fourth-order valence-electron chi connectivity index (χ4n) is 2.63. The number of hydrogen-bond donors (Lipinski definition) is 1. The number of nitrogens with zero attached hydrogens (tertiary/aromatic N) is 1. The summed E-state index contributed by atoms with van der Waals surface area (Å²) >= 11 is 0. The standard InChI is InChI=1S/C18H11NO3/c20-18(21)14-8-4-7-13-12(14)9-10-15-16(13)22-17(19-15)11-5-2-1-3-6-11/h1-10H,(H,20,21). The number of aromatic nitrogens is 1. The van der Waals surface area contributed by atoms with Gasteiger partial charge in [0.15, 0.2) is 5.58 Å². The highest BCUT2D eigenvalue weighted by molar-refractivity contribution is 6.11. The minimum Gasteiger partial charge on any atom is -0.478 e. The van der Waals surface area contributed by atoms with Gasteiger partial charge >= 0.3 is 5.97 Å². The number of carboxylic acids is 1. The van der Waals surface area contributed by atoms with Gasteiger partial charge in [0.1, 0.15) is 5.52 Å². The zero-order valence-electron chi connectivity index (χ0n) is 11.5. The molecule has 0 bridgehead atoms. The number of aromatic carboxylic acids is 1. The highest BCUT2D eigenvalue weighted by Gasteiger charge is 2.14. The zero-order valence-corrected chi connectivity index (χ0v) is 11.5. The van der Waals surface area contributed by atoms with Gasteiger partial charge in [-0.2, -0.15) is 0 Å². The highest BCUT2D eigenvalue weighted by Crippen LogP contribution is 2.31. The van der Waals surface area contributed by atoms with E-state index < -0.39 is 5.97 Å². The quantitative estimate of drug-likeness (QED) is 0.596. The number of fused-ring (bicyclic) bond motifs is 3. The second-order valence-electron chi connectivity index (χ2n) is 5.00. The molecule has 4 aromatic rings. The van der Waals surface area contributed by atoms with Crippen LogP contribution in [0.15, 0.2) is 65.1 Å². The molecule has 0 spiro atoms. The molecule has 0 fully saturated rings. The van der Waals surface area contributed by atoms with Gasteiger partial charge in [0.25, 0.3) is 0 Å². The van der Waals surface area contributed by atoms with Gasteiger partial charge in [0, 0.05) is 16.3 Å². The minimum absolute atomic E-state index is 0.261. The van der Waals surface area contributed by atoms with Crippen LogP contribution in [0.2, 0.25) is 0 Å². The third kappa shape index (κ3) is 1.85. The van der Waals surface area contributed by atoms with E-state index in [1.165, 1.54) is 0 Å². The van der Waals surface area contributed by atoms with Crippen LogP contribution in [-0.2, 0) is 0 Å². The van der Waals surface area contributed by atoms with E-state index in [2.05, 4.69) is 4.98 Å². The summed E-state index contributed by atoms with van der Waals surface area (Å²) in [7, 11) is 0. The molecule has 4 nitrogen and oxygen atoms in total. The van der Waals surface area contributed by atoms with Crippen molar-refractivity contribution in [3.8, 4) is 11.5 Å². The van der Waals surface area contributed by atoms with E-state index in [1.54, 1.807) is 24.3 Å². The van der Waals surface area contributed by atoms with Crippen molar-refractivity contribution in [2.75, 3.05) is 0 Å². The molecule has 0 unspecified atom stereocenters. The zero-order chi connectivity index (χ0) is 15.1. The van der Waals surface area contributed by atoms with Gasteiger partial charge in [-0.25, -0.2) is 9.78 Å². The molecule has 22 heavy (non-hydrogen) atoms. The summed E-state index contributed by atoms with van der Waals surface area (Å²) in [6.45, 7) is 0. The van der Waals surface area contributed by atoms with E-state index in [0.29, 0.717) is 22.4 Å². The van der Waals surface area contributed by atoms with Gasteiger partial charge in [-0.15, -0.1) is 0 Å². The van der Waals surface area contributed by atoms with E-state index >= 15 is 0 Å². The van der Waals surface area contributed by atoms with Crippen LogP contribution in [0, 0.1) is 0 Å². The molecule has 1 heterocycles. The van der Waals surface area contributed by atoms with Crippen LogP contribution in [0.5, 0.6) is 0 Å². The van der Waals surface area contributed by atoms with Crippen LogP contribution in [0.25, 0.3) is 33.3 Å². The molecule has 4 rings (SSSR count). The van der Waals surface area contributed by atoms with Crippen molar-refractivity contribution in [1.82, 2.24) is 4.98 Å². The van der Waals surface area contributed by atoms with Gasteiger partial charge in [-0.3, -0.25) is 0 Å². The molecule has 1 aromatic heterocycles. The third-order valence-electron chi connectivity index (χ3n) is 3.66. The molecule has 106 valence electrons. The summed E-state index contributed by atoms with van der Waals surface area (Å²) in [5.41, 5.74) is 2.48. The Morgan fingerprint density at radius 2 is 1.73 bits per heavy atom. The second kappa shape index (κ2) is 4.70. The summed E-state index contributed by atoms with van der Waals surface area (Å²) < 4.78 is 5.90. The summed E-state index contributed by atoms with van der Waals surface area (Å²) in [5, 5.41) is 10.7. The third-order valence-corrected chi connectivity index (χ3v) is 3.66. The van der Waals surface area contributed by atoms with Crippen LogP contribution >= 0.6 is 0 Å². The predicted molar refractivity (Wildman–Crippen MR) is 83.9 cm³/mol. The molecule has 0 atom stereocenters. The molecule has 0 aliphatic carbocycles. The Labute approximate surface area is 125 Å². The van der Waals surface area contributed by atoms with Crippen molar-refractivity contribution in [2.45, 2.75) is 0 Å². The van der Waals surface area contributed by atoms with Gasteiger partial charge in [-0.05, 0) is 24.3 Å². The van der Waals surface area contributed by atoms with E-state index in [0.717, 1.165) is 10.9 Å². The Morgan fingerprint density at radius 3 is 2.50 bits per heavy atom. The number of benzene rings is 3. The largest absolute Gasteiger partial charge is 0.478 e. The van der Waals surface area contributed by atoms with Crippen molar-refractivity contribution in [1.29, 1.82) is 0 Å². The molecule has 0 aliphatic heterocycles. The fraction of sp³-hybridized carbons (Fsp3) is 0. The summed E-state index contributed by atoms with van der Waals surface area (Å²) in [6, 6.07) is 18.4. The van der Waals surface area contributed by atoms with Crippen LogP contribution in [-0.4, -0.2) is 16.1 Å². The fourth-order valence-corrected chi connectivity index (χ4v) is 2.63. The van der Waals surface area contributed by atoms with Crippen LogP contribution in [0.4, 0.5) is 0 Å². The summed E-state index contributed by atoms with van der Waals surface area (Å²) in [6.07, 6.45) is 0.